The smallest absolute Gasteiger partial charge is 0.302 e. The van der Waals surface area contributed by atoms with Gasteiger partial charge < -0.3 is 5.32 Å². The highest BCUT2D eigenvalue weighted by Gasteiger charge is 2.33. The summed E-state index contributed by atoms with van der Waals surface area (Å²) in [5, 5.41) is 15.3. The third kappa shape index (κ3) is 4.37. The fraction of sp³-hybridized carbons (Fsp3) is 0.636. The van der Waals surface area contributed by atoms with Gasteiger partial charge in [0, 0.05) is 12.7 Å². The van der Waals surface area contributed by atoms with E-state index in [2.05, 4.69) is 16.5 Å². The number of hydrogen-bond donors (Lipinski definition) is 1. The van der Waals surface area contributed by atoms with Gasteiger partial charge in [0.2, 0.25) is 0 Å². The van der Waals surface area contributed by atoms with Crippen LogP contribution in [0.2, 0.25) is 0 Å². The van der Waals surface area contributed by atoms with Crippen LogP contribution in [0.15, 0.2) is 12.3 Å². The zero-order chi connectivity index (χ0) is 13.6. The molecule has 0 bridgehead atoms. The van der Waals surface area contributed by atoms with E-state index in [9.17, 15) is 13.2 Å². The number of halogens is 3. The quantitative estimate of drug-likeness (QED) is 0.853. The highest BCUT2D eigenvalue weighted by molar-refractivity contribution is 5.03. The molecule has 1 N–H and O–H groups in total. The molecule has 1 rings (SSSR count). The van der Waals surface area contributed by atoms with Crippen molar-refractivity contribution in [2.45, 2.75) is 38.5 Å². The van der Waals surface area contributed by atoms with Crippen LogP contribution in [0.5, 0.6) is 0 Å². The van der Waals surface area contributed by atoms with Gasteiger partial charge in [-0.1, -0.05) is 6.92 Å². The highest BCUT2D eigenvalue weighted by atomic mass is 19.4. The molecule has 0 aliphatic carbocycles. The lowest BCUT2D eigenvalue weighted by atomic mass is 10.2. The summed E-state index contributed by atoms with van der Waals surface area (Å²) < 4.78 is 38.1. The molecular formula is C11H15F3N4. The van der Waals surface area contributed by atoms with E-state index >= 15 is 0 Å². The minimum absolute atomic E-state index is 0.283. The Bertz CT molecular complexity index is 405. The van der Waals surface area contributed by atoms with Crippen LogP contribution in [-0.2, 0) is 12.7 Å². The van der Waals surface area contributed by atoms with Gasteiger partial charge in [-0.05, 0) is 25.5 Å². The molecular weight excluding hydrogens is 245 g/mol. The minimum Gasteiger partial charge on any atom is -0.302 e. The summed E-state index contributed by atoms with van der Waals surface area (Å²) in [6.07, 6.45) is -1.81. The standard InChI is InChI=1S/C11H15F3N4/c1-2-5-16-9(8-15)3-6-18-7-4-10(17-18)11(12,13)14/h4,7,9,16H,2-3,5-6H2,1H3. The third-order valence-electron chi connectivity index (χ3n) is 2.37. The number of rotatable bonds is 6. The molecule has 1 heterocycles. The lowest BCUT2D eigenvalue weighted by molar-refractivity contribution is -0.141. The average molecular weight is 260 g/mol. The molecule has 0 aromatic carbocycles. The van der Waals surface area contributed by atoms with Gasteiger partial charge in [0.25, 0.3) is 0 Å². The zero-order valence-electron chi connectivity index (χ0n) is 10.0. The number of alkyl halides is 3. The molecule has 0 spiro atoms. The first-order valence-electron chi connectivity index (χ1n) is 5.71. The molecule has 1 aromatic heterocycles. The Balaban J connectivity index is 2.48. The van der Waals surface area contributed by atoms with Crippen LogP contribution < -0.4 is 5.32 Å². The van der Waals surface area contributed by atoms with Gasteiger partial charge in [-0.2, -0.15) is 23.5 Å². The maximum Gasteiger partial charge on any atom is 0.435 e. The maximum absolute atomic E-state index is 12.3. The van der Waals surface area contributed by atoms with Crippen LogP contribution in [-0.4, -0.2) is 22.4 Å². The molecule has 4 nitrogen and oxygen atoms in total. The van der Waals surface area contributed by atoms with Crippen molar-refractivity contribution in [2.75, 3.05) is 6.54 Å². The number of aryl methyl sites for hydroxylation is 1. The topological polar surface area (TPSA) is 53.6 Å². The van der Waals surface area contributed by atoms with Crippen molar-refractivity contribution in [3.63, 3.8) is 0 Å². The molecule has 1 aromatic rings. The fourth-order valence-electron chi connectivity index (χ4n) is 1.43. The van der Waals surface area contributed by atoms with Crippen LogP contribution in [0.25, 0.3) is 0 Å². The van der Waals surface area contributed by atoms with Gasteiger partial charge in [-0.25, -0.2) is 0 Å². The van der Waals surface area contributed by atoms with Crippen molar-refractivity contribution in [3.8, 4) is 6.07 Å². The monoisotopic (exact) mass is 260 g/mol. The highest BCUT2D eigenvalue weighted by Crippen LogP contribution is 2.27. The predicted molar refractivity (Wildman–Crippen MR) is 59.5 cm³/mol. The molecule has 7 heteroatoms. The molecule has 0 fully saturated rings. The number of hydrogen-bond acceptors (Lipinski definition) is 3. The van der Waals surface area contributed by atoms with E-state index in [-0.39, 0.29) is 12.6 Å². The van der Waals surface area contributed by atoms with E-state index in [1.807, 2.05) is 6.92 Å². The van der Waals surface area contributed by atoms with Gasteiger partial charge in [0.05, 0.1) is 12.1 Å². The Labute approximate surface area is 103 Å². The summed E-state index contributed by atoms with van der Waals surface area (Å²) in [6, 6.07) is 2.64. The Hall–Kier alpha value is -1.55. The second-order valence-electron chi connectivity index (χ2n) is 3.89. The lowest BCUT2D eigenvalue weighted by Crippen LogP contribution is -2.29. The normalized spacial score (nSPS) is 13.3. The number of nitriles is 1. The van der Waals surface area contributed by atoms with Crippen LogP contribution in [0, 0.1) is 11.3 Å². The fourth-order valence-corrected chi connectivity index (χ4v) is 1.43. The zero-order valence-corrected chi connectivity index (χ0v) is 10.0. The molecule has 0 aliphatic rings. The van der Waals surface area contributed by atoms with Gasteiger partial charge in [0.15, 0.2) is 5.69 Å². The number of nitrogens with one attached hydrogen (secondary N) is 1. The molecule has 0 aliphatic heterocycles. The van der Waals surface area contributed by atoms with Crippen molar-refractivity contribution < 1.29 is 13.2 Å². The van der Waals surface area contributed by atoms with Crippen molar-refractivity contribution in [1.82, 2.24) is 15.1 Å². The first-order chi connectivity index (χ1) is 8.47. The molecule has 0 saturated heterocycles. The Kier molecular flexibility index (Phi) is 5.16. The number of aromatic nitrogens is 2. The first-order valence-corrected chi connectivity index (χ1v) is 5.71. The third-order valence-corrected chi connectivity index (χ3v) is 2.37. The predicted octanol–water partition coefficient (Wildman–Crippen LogP) is 2.18. The summed E-state index contributed by atoms with van der Waals surface area (Å²) in [6.45, 7) is 2.97. The molecule has 18 heavy (non-hydrogen) atoms. The largest absolute Gasteiger partial charge is 0.435 e. The van der Waals surface area contributed by atoms with Gasteiger partial charge in [-0.15, -0.1) is 0 Å². The van der Waals surface area contributed by atoms with E-state index < -0.39 is 11.9 Å². The second-order valence-corrected chi connectivity index (χ2v) is 3.89. The van der Waals surface area contributed by atoms with E-state index in [1.165, 1.54) is 10.9 Å². The summed E-state index contributed by atoms with van der Waals surface area (Å²) in [5.74, 6) is 0. The Morgan fingerprint density at radius 1 is 1.56 bits per heavy atom. The molecule has 0 amide bonds. The van der Waals surface area contributed by atoms with Gasteiger partial charge >= 0.3 is 6.18 Å². The second kappa shape index (κ2) is 6.40. The van der Waals surface area contributed by atoms with Crippen LogP contribution in [0.4, 0.5) is 13.2 Å². The number of nitrogens with zero attached hydrogens (tertiary/aromatic N) is 3. The Morgan fingerprint density at radius 2 is 2.28 bits per heavy atom. The average Bonchev–Trinajstić information content (AvgIpc) is 2.78. The lowest BCUT2D eigenvalue weighted by Gasteiger charge is -2.10. The summed E-state index contributed by atoms with van der Waals surface area (Å²) in [7, 11) is 0. The molecule has 1 atom stereocenters. The van der Waals surface area contributed by atoms with Crippen molar-refractivity contribution in [1.29, 1.82) is 5.26 Å². The molecule has 0 radical (unpaired) electrons. The van der Waals surface area contributed by atoms with Gasteiger partial charge in [-0.3, -0.25) is 4.68 Å². The van der Waals surface area contributed by atoms with E-state index in [0.29, 0.717) is 13.0 Å². The van der Waals surface area contributed by atoms with Crippen molar-refractivity contribution >= 4 is 0 Å². The maximum atomic E-state index is 12.3. The summed E-state index contributed by atoms with van der Waals surface area (Å²) in [4.78, 5) is 0. The van der Waals surface area contributed by atoms with Crippen LogP contribution in [0.1, 0.15) is 25.5 Å². The van der Waals surface area contributed by atoms with Crippen molar-refractivity contribution in [2.24, 2.45) is 0 Å². The van der Waals surface area contributed by atoms with E-state index in [0.717, 1.165) is 12.5 Å². The molecule has 100 valence electrons. The molecule has 1 unspecified atom stereocenters. The summed E-state index contributed by atoms with van der Waals surface area (Å²) >= 11 is 0. The van der Waals surface area contributed by atoms with Gasteiger partial charge in [0.1, 0.15) is 0 Å². The minimum atomic E-state index is -4.42. The Morgan fingerprint density at radius 3 is 2.78 bits per heavy atom. The summed E-state index contributed by atoms with van der Waals surface area (Å²) in [5.41, 5.74) is -0.905. The van der Waals surface area contributed by atoms with Crippen molar-refractivity contribution in [3.05, 3.63) is 18.0 Å². The van der Waals surface area contributed by atoms with Crippen LogP contribution >= 0.6 is 0 Å². The molecule has 0 saturated carbocycles. The van der Waals surface area contributed by atoms with Crippen LogP contribution in [0.3, 0.4) is 0 Å². The van der Waals surface area contributed by atoms with E-state index in [4.69, 9.17) is 5.26 Å². The first kappa shape index (κ1) is 14.5. The SMILES string of the molecule is CCCNC(C#N)CCn1ccc(C(F)(F)F)n1. The van der Waals surface area contributed by atoms with E-state index in [1.54, 1.807) is 0 Å².